The van der Waals surface area contributed by atoms with Crippen molar-refractivity contribution in [3.8, 4) is 5.69 Å². The first-order chi connectivity index (χ1) is 8.41. The smallest absolute Gasteiger partial charge is 0.161 e. The van der Waals surface area contributed by atoms with Gasteiger partial charge in [0.2, 0.25) is 0 Å². The van der Waals surface area contributed by atoms with E-state index in [0.29, 0.717) is 10.0 Å². The molecule has 0 radical (unpaired) electrons. The van der Waals surface area contributed by atoms with E-state index in [4.69, 9.17) is 23.2 Å². The first-order valence-electron chi connectivity index (χ1n) is 5.57. The van der Waals surface area contributed by atoms with Gasteiger partial charge in [0.05, 0.1) is 10.7 Å². The predicted octanol–water partition coefficient (Wildman–Crippen LogP) is 4.60. The number of Topliss-reactive ketones (excluding diaryl/α,β-unsaturated/α-hetero) is 1. The second-order valence-corrected chi connectivity index (χ2v) is 5.12. The van der Waals surface area contributed by atoms with Crippen LogP contribution < -0.4 is 0 Å². The molecule has 1 heterocycles. The lowest BCUT2D eigenvalue weighted by molar-refractivity contribution is 0.101. The molecule has 94 valence electrons. The number of nitrogens with zero attached hydrogens (tertiary/aromatic N) is 1. The van der Waals surface area contributed by atoms with Crippen molar-refractivity contribution in [3.05, 3.63) is 51.3 Å². The molecular formula is C14H13Cl2NO. The van der Waals surface area contributed by atoms with E-state index in [2.05, 4.69) is 0 Å². The first kappa shape index (κ1) is 13.2. The highest BCUT2D eigenvalue weighted by Gasteiger charge is 2.15. The molecule has 0 amide bonds. The van der Waals surface area contributed by atoms with Crippen molar-refractivity contribution in [3.63, 3.8) is 0 Å². The number of hydrogen-bond donors (Lipinski definition) is 0. The fourth-order valence-corrected chi connectivity index (χ4v) is 2.65. The Labute approximate surface area is 116 Å². The SMILES string of the molecule is CC(=O)c1cc(C)n(-c2ccc(Cl)cc2Cl)c1C. The number of carbonyl (C=O) groups excluding carboxylic acids is 1. The molecule has 0 aliphatic carbocycles. The molecule has 0 N–H and O–H groups in total. The fourth-order valence-electron chi connectivity index (χ4n) is 2.15. The molecule has 0 atom stereocenters. The zero-order valence-corrected chi connectivity index (χ0v) is 11.9. The van der Waals surface area contributed by atoms with Crippen LogP contribution >= 0.6 is 23.2 Å². The maximum atomic E-state index is 11.5. The van der Waals surface area contributed by atoms with E-state index >= 15 is 0 Å². The molecule has 2 rings (SSSR count). The van der Waals surface area contributed by atoms with Crippen LogP contribution in [-0.4, -0.2) is 10.4 Å². The van der Waals surface area contributed by atoms with Crippen LogP contribution in [0.25, 0.3) is 5.69 Å². The molecule has 0 fully saturated rings. The molecule has 0 spiro atoms. The molecule has 1 aromatic carbocycles. The van der Waals surface area contributed by atoms with Crippen molar-refractivity contribution in [2.75, 3.05) is 0 Å². The van der Waals surface area contributed by atoms with Gasteiger partial charge in [0, 0.05) is 22.0 Å². The highest BCUT2D eigenvalue weighted by molar-refractivity contribution is 6.35. The molecule has 18 heavy (non-hydrogen) atoms. The zero-order valence-electron chi connectivity index (χ0n) is 10.4. The highest BCUT2D eigenvalue weighted by atomic mass is 35.5. The lowest BCUT2D eigenvalue weighted by Crippen LogP contribution is -2.01. The van der Waals surface area contributed by atoms with Crippen LogP contribution in [0.5, 0.6) is 0 Å². The number of aromatic nitrogens is 1. The van der Waals surface area contributed by atoms with Crippen LogP contribution in [0.2, 0.25) is 10.0 Å². The Morgan fingerprint density at radius 1 is 1.17 bits per heavy atom. The Kier molecular flexibility index (Phi) is 3.51. The summed E-state index contributed by atoms with van der Waals surface area (Å²) < 4.78 is 1.97. The van der Waals surface area contributed by atoms with Gasteiger partial charge in [0.25, 0.3) is 0 Å². The summed E-state index contributed by atoms with van der Waals surface area (Å²) in [5.41, 5.74) is 3.42. The van der Waals surface area contributed by atoms with E-state index in [1.807, 2.05) is 30.5 Å². The van der Waals surface area contributed by atoms with Crippen molar-refractivity contribution in [2.24, 2.45) is 0 Å². The summed E-state index contributed by atoms with van der Waals surface area (Å²) in [5, 5.41) is 1.16. The van der Waals surface area contributed by atoms with Gasteiger partial charge < -0.3 is 4.57 Å². The quantitative estimate of drug-likeness (QED) is 0.737. The van der Waals surface area contributed by atoms with Gasteiger partial charge in [-0.1, -0.05) is 23.2 Å². The number of aryl methyl sites for hydroxylation is 1. The van der Waals surface area contributed by atoms with Gasteiger partial charge >= 0.3 is 0 Å². The molecule has 0 saturated carbocycles. The summed E-state index contributed by atoms with van der Waals surface area (Å²) in [5.74, 6) is 0.0550. The van der Waals surface area contributed by atoms with E-state index in [1.165, 1.54) is 0 Å². The van der Waals surface area contributed by atoms with E-state index in [-0.39, 0.29) is 5.78 Å². The third kappa shape index (κ3) is 2.18. The maximum Gasteiger partial charge on any atom is 0.161 e. The summed E-state index contributed by atoms with van der Waals surface area (Å²) in [6.07, 6.45) is 0. The molecule has 0 saturated heterocycles. The van der Waals surface area contributed by atoms with Crippen LogP contribution in [0.4, 0.5) is 0 Å². The van der Waals surface area contributed by atoms with Gasteiger partial charge in [0.1, 0.15) is 0 Å². The number of carbonyl (C=O) groups is 1. The number of benzene rings is 1. The lowest BCUT2D eigenvalue weighted by atomic mass is 10.2. The van der Waals surface area contributed by atoms with Gasteiger partial charge in [-0.05, 0) is 45.0 Å². The highest BCUT2D eigenvalue weighted by Crippen LogP contribution is 2.28. The van der Waals surface area contributed by atoms with E-state index in [1.54, 1.807) is 19.1 Å². The summed E-state index contributed by atoms with van der Waals surface area (Å²) in [7, 11) is 0. The van der Waals surface area contributed by atoms with Crippen molar-refractivity contribution in [1.29, 1.82) is 0 Å². The van der Waals surface area contributed by atoms with Crippen LogP contribution in [0, 0.1) is 13.8 Å². The molecule has 0 aliphatic rings. The Morgan fingerprint density at radius 3 is 2.33 bits per heavy atom. The normalized spacial score (nSPS) is 10.7. The summed E-state index contributed by atoms with van der Waals surface area (Å²) in [4.78, 5) is 11.5. The standard InChI is InChI=1S/C14H13Cl2NO/c1-8-6-12(10(3)18)9(2)17(8)14-5-4-11(15)7-13(14)16/h4-7H,1-3H3. The van der Waals surface area contributed by atoms with Gasteiger partial charge in [-0.15, -0.1) is 0 Å². The predicted molar refractivity (Wildman–Crippen MR) is 75.3 cm³/mol. The van der Waals surface area contributed by atoms with Crippen LogP contribution in [0.15, 0.2) is 24.3 Å². The summed E-state index contributed by atoms with van der Waals surface area (Å²) in [6.45, 7) is 5.43. The third-order valence-electron chi connectivity index (χ3n) is 2.96. The second kappa shape index (κ2) is 4.79. The van der Waals surface area contributed by atoms with E-state index in [0.717, 1.165) is 22.6 Å². The molecule has 1 aromatic heterocycles. The zero-order chi connectivity index (χ0) is 13.4. The topological polar surface area (TPSA) is 22.0 Å². The van der Waals surface area contributed by atoms with E-state index < -0.39 is 0 Å². The van der Waals surface area contributed by atoms with Gasteiger partial charge in [0.15, 0.2) is 5.78 Å². The third-order valence-corrected chi connectivity index (χ3v) is 3.50. The summed E-state index contributed by atoms with van der Waals surface area (Å²) >= 11 is 12.1. The van der Waals surface area contributed by atoms with Crippen LogP contribution in [0.3, 0.4) is 0 Å². The Bertz CT molecular complexity index is 629. The number of ketones is 1. The number of hydrogen-bond acceptors (Lipinski definition) is 1. The number of halogens is 2. The average molecular weight is 282 g/mol. The molecule has 0 bridgehead atoms. The largest absolute Gasteiger partial charge is 0.316 e. The molecule has 4 heteroatoms. The first-order valence-corrected chi connectivity index (χ1v) is 6.32. The van der Waals surface area contributed by atoms with Gasteiger partial charge in [-0.2, -0.15) is 0 Å². The average Bonchev–Trinajstić information content (AvgIpc) is 2.56. The Balaban J connectivity index is 2.68. The van der Waals surface area contributed by atoms with Crippen molar-refractivity contribution < 1.29 is 4.79 Å². The lowest BCUT2D eigenvalue weighted by Gasteiger charge is -2.11. The molecule has 0 unspecified atom stereocenters. The summed E-state index contributed by atoms with van der Waals surface area (Å²) in [6, 6.07) is 7.22. The molecular weight excluding hydrogens is 269 g/mol. The van der Waals surface area contributed by atoms with Crippen LogP contribution in [0.1, 0.15) is 28.7 Å². The monoisotopic (exact) mass is 281 g/mol. The number of rotatable bonds is 2. The van der Waals surface area contributed by atoms with Gasteiger partial charge in [-0.3, -0.25) is 4.79 Å². The minimum atomic E-state index is 0.0550. The van der Waals surface area contributed by atoms with Crippen molar-refractivity contribution in [1.82, 2.24) is 4.57 Å². The molecule has 2 nitrogen and oxygen atoms in total. The molecule has 0 aliphatic heterocycles. The maximum absolute atomic E-state index is 11.5. The Hall–Kier alpha value is -1.25. The minimum absolute atomic E-state index is 0.0550. The minimum Gasteiger partial charge on any atom is -0.316 e. The Morgan fingerprint density at radius 2 is 1.83 bits per heavy atom. The van der Waals surface area contributed by atoms with E-state index in [9.17, 15) is 4.79 Å². The van der Waals surface area contributed by atoms with Gasteiger partial charge in [-0.25, -0.2) is 0 Å². The molecule has 2 aromatic rings. The van der Waals surface area contributed by atoms with Crippen molar-refractivity contribution >= 4 is 29.0 Å². The second-order valence-electron chi connectivity index (χ2n) is 4.27. The fraction of sp³-hybridized carbons (Fsp3) is 0.214. The van der Waals surface area contributed by atoms with Crippen LogP contribution in [-0.2, 0) is 0 Å². The van der Waals surface area contributed by atoms with Crippen molar-refractivity contribution in [2.45, 2.75) is 20.8 Å².